The maximum atomic E-state index is 12.4. The van der Waals surface area contributed by atoms with Gasteiger partial charge in [-0.1, -0.05) is 6.92 Å². The second kappa shape index (κ2) is 6.51. The van der Waals surface area contributed by atoms with E-state index in [9.17, 15) is 13.5 Å². The van der Waals surface area contributed by atoms with Gasteiger partial charge in [-0.25, -0.2) is 13.1 Å². The molecule has 0 bridgehead atoms. The lowest BCUT2D eigenvalue weighted by Crippen LogP contribution is -2.37. The van der Waals surface area contributed by atoms with Crippen LogP contribution in [0.2, 0.25) is 0 Å². The quantitative estimate of drug-likeness (QED) is 0.785. The molecule has 19 heavy (non-hydrogen) atoms. The fourth-order valence-electron chi connectivity index (χ4n) is 1.96. The molecule has 2 N–H and O–H groups in total. The normalized spacial score (nSPS) is 13.7. The maximum absolute atomic E-state index is 12.4. The molecular formula is C12H21NO5S. The number of nitrogens with one attached hydrogen (secondary N) is 1. The van der Waals surface area contributed by atoms with Gasteiger partial charge in [-0.05, 0) is 20.3 Å². The van der Waals surface area contributed by atoms with Gasteiger partial charge in [-0.2, -0.15) is 0 Å². The second-order valence-electron chi connectivity index (χ2n) is 4.36. The highest BCUT2D eigenvalue weighted by Gasteiger charge is 2.28. The fraction of sp³-hybridized carbons (Fsp3) is 0.667. The van der Waals surface area contributed by atoms with Crippen LogP contribution in [0.3, 0.4) is 0 Å². The molecule has 110 valence electrons. The zero-order valence-corrected chi connectivity index (χ0v) is 12.5. The first-order valence-corrected chi connectivity index (χ1v) is 7.56. The van der Waals surface area contributed by atoms with Crippen molar-refractivity contribution in [2.24, 2.45) is 0 Å². The molecule has 0 fully saturated rings. The standard InChI is InChI=1S/C12H21NO5S/c1-5-10(7-17-4)13-19(15,16)12-9(3)18-8(2)11(12)6-14/h10,13-14H,5-7H2,1-4H3. The molecule has 1 atom stereocenters. The van der Waals surface area contributed by atoms with Crippen molar-refractivity contribution in [2.45, 2.75) is 44.7 Å². The number of aliphatic hydroxyl groups excluding tert-OH is 1. The largest absolute Gasteiger partial charge is 0.465 e. The van der Waals surface area contributed by atoms with E-state index in [2.05, 4.69) is 4.72 Å². The highest BCUT2D eigenvalue weighted by atomic mass is 32.2. The smallest absolute Gasteiger partial charge is 0.244 e. The Labute approximate surface area is 113 Å². The first kappa shape index (κ1) is 16.2. The van der Waals surface area contributed by atoms with Crippen LogP contribution in [-0.2, 0) is 21.4 Å². The molecule has 1 unspecified atom stereocenters. The minimum Gasteiger partial charge on any atom is -0.465 e. The highest BCUT2D eigenvalue weighted by Crippen LogP contribution is 2.26. The molecule has 0 saturated heterocycles. The number of hydrogen-bond donors (Lipinski definition) is 2. The molecule has 1 aromatic rings. The molecule has 0 spiro atoms. The third-order valence-corrected chi connectivity index (χ3v) is 4.65. The SMILES string of the molecule is CCC(COC)NS(=O)(=O)c1c(C)oc(C)c1CO. The number of aliphatic hydroxyl groups is 1. The van der Waals surface area contributed by atoms with Crippen LogP contribution in [-0.4, -0.2) is 33.3 Å². The third kappa shape index (κ3) is 3.56. The van der Waals surface area contributed by atoms with Crippen LogP contribution in [0.4, 0.5) is 0 Å². The van der Waals surface area contributed by atoms with Gasteiger partial charge >= 0.3 is 0 Å². The molecule has 0 radical (unpaired) electrons. The number of furan rings is 1. The Hall–Kier alpha value is -0.890. The summed E-state index contributed by atoms with van der Waals surface area (Å²) in [5, 5.41) is 9.29. The predicted octanol–water partition coefficient (Wildman–Crippen LogP) is 1.09. The molecular weight excluding hydrogens is 270 g/mol. The van der Waals surface area contributed by atoms with Crippen LogP contribution < -0.4 is 4.72 Å². The topological polar surface area (TPSA) is 88.8 Å². The predicted molar refractivity (Wildman–Crippen MR) is 70.4 cm³/mol. The average Bonchev–Trinajstić information content (AvgIpc) is 2.63. The summed E-state index contributed by atoms with van der Waals surface area (Å²) in [5.74, 6) is 0.696. The Morgan fingerprint density at radius 1 is 1.37 bits per heavy atom. The average molecular weight is 291 g/mol. The first-order valence-electron chi connectivity index (χ1n) is 6.08. The molecule has 0 aliphatic carbocycles. The van der Waals surface area contributed by atoms with E-state index in [0.717, 1.165) is 0 Å². The summed E-state index contributed by atoms with van der Waals surface area (Å²) in [6.07, 6.45) is 0.609. The molecule has 0 amide bonds. The van der Waals surface area contributed by atoms with Gasteiger partial charge < -0.3 is 14.3 Å². The first-order chi connectivity index (χ1) is 8.87. The lowest BCUT2D eigenvalue weighted by atomic mass is 10.2. The van der Waals surface area contributed by atoms with Crippen molar-refractivity contribution >= 4 is 10.0 Å². The summed E-state index contributed by atoms with van der Waals surface area (Å²) in [5.41, 5.74) is 0.303. The number of hydrogen-bond acceptors (Lipinski definition) is 5. The van der Waals surface area contributed by atoms with Crippen LogP contribution in [0, 0.1) is 13.8 Å². The van der Waals surface area contributed by atoms with E-state index in [-0.39, 0.29) is 23.3 Å². The Kier molecular flexibility index (Phi) is 5.54. The minimum absolute atomic E-state index is 0.0297. The number of sulfonamides is 1. The van der Waals surface area contributed by atoms with E-state index in [1.54, 1.807) is 13.8 Å². The van der Waals surface area contributed by atoms with E-state index >= 15 is 0 Å². The molecule has 0 aliphatic heterocycles. The Morgan fingerprint density at radius 2 is 2.00 bits per heavy atom. The van der Waals surface area contributed by atoms with E-state index < -0.39 is 10.0 Å². The zero-order valence-electron chi connectivity index (χ0n) is 11.7. The van der Waals surface area contributed by atoms with E-state index in [0.29, 0.717) is 24.4 Å². The summed E-state index contributed by atoms with van der Waals surface area (Å²) >= 11 is 0. The molecule has 0 saturated carbocycles. The molecule has 1 heterocycles. The summed E-state index contributed by atoms with van der Waals surface area (Å²) in [7, 11) is -2.21. The van der Waals surface area contributed by atoms with Crippen LogP contribution >= 0.6 is 0 Å². The number of aryl methyl sites for hydroxylation is 2. The lowest BCUT2D eigenvalue weighted by Gasteiger charge is -2.16. The second-order valence-corrected chi connectivity index (χ2v) is 6.01. The lowest BCUT2D eigenvalue weighted by molar-refractivity contribution is 0.173. The number of ether oxygens (including phenoxy) is 1. The van der Waals surface area contributed by atoms with Crippen LogP contribution in [0.1, 0.15) is 30.4 Å². The van der Waals surface area contributed by atoms with Crippen molar-refractivity contribution in [3.8, 4) is 0 Å². The molecule has 6 nitrogen and oxygen atoms in total. The van der Waals surface area contributed by atoms with Crippen molar-refractivity contribution in [1.82, 2.24) is 4.72 Å². The highest BCUT2D eigenvalue weighted by molar-refractivity contribution is 7.89. The van der Waals surface area contributed by atoms with Gasteiger partial charge in [0.15, 0.2) is 0 Å². The molecule has 0 aromatic carbocycles. The van der Waals surface area contributed by atoms with E-state index in [1.165, 1.54) is 7.11 Å². The summed E-state index contributed by atoms with van der Waals surface area (Å²) in [6.45, 7) is 4.98. The summed E-state index contributed by atoms with van der Waals surface area (Å²) in [4.78, 5) is 0.0297. The van der Waals surface area contributed by atoms with Crippen molar-refractivity contribution in [1.29, 1.82) is 0 Å². The van der Waals surface area contributed by atoms with Crippen LogP contribution in [0.25, 0.3) is 0 Å². The molecule has 0 aliphatic rings. The van der Waals surface area contributed by atoms with Crippen LogP contribution in [0.5, 0.6) is 0 Å². The Balaban J connectivity index is 3.13. The third-order valence-electron chi connectivity index (χ3n) is 2.93. The number of rotatable bonds is 7. The summed E-state index contributed by atoms with van der Waals surface area (Å²) < 4.78 is 37.5. The fourth-order valence-corrected chi connectivity index (χ4v) is 3.70. The molecule has 1 rings (SSSR count). The van der Waals surface area contributed by atoms with Crippen molar-refractivity contribution in [3.63, 3.8) is 0 Å². The van der Waals surface area contributed by atoms with Gasteiger partial charge in [0, 0.05) is 18.7 Å². The van der Waals surface area contributed by atoms with Gasteiger partial charge in [0.2, 0.25) is 10.0 Å². The minimum atomic E-state index is -3.73. The Bertz CT molecular complexity index is 520. The summed E-state index contributed by atoms with van der Waals surface area (Å²) in [6, 6.07) is -0.309. The number of methoxy groups -OCH3 is 1. The van der Waals surface area contributed by atoms with Gasteiger partial charge in [-0.3, -0.25) is 0 Å². The van der Waals surface area contributed by atoms with Gasteiger partial charge in [0.1, 0.15) is 16.4 Å². The van der Waals surface area contributed by atoms with Gasteiger partial charge in [-0.15, -0.1) is 0 Å². The van der Waals surface area contributed by atoms with Crippen molar-refractivity contribution < 1.29 is 22.7 Å². The van der Waals surface area contributed by atoms with Crippen molar-refractivity contribution in [2.75, 3.05) is 13.7 Å². The van der Waals surface area contributed by atoms with Crippen LogP contribution in [0.15, 0.2) is 9.31 Å². The van der Waals surface area contributed by atoms with Crippen molar-refractivity contribution in [3.05, 3.63) is 17.1 Å². The zero-order chi connectivity index (χ0) is 14.6. The Morgan fingerprint density at radius 3 is 2.47 bits per heavy atom. The van der Waals surface area contributed by atoms with E-state index in [1.807, 2.05) is 6.92 Å². The van der Waals surface area contributed by atoms with E-state index in [4.69, 9.17) is 9.15 Å². The molecule has 1 aromatic heterocycles. The molecule has 7 heteroatoms. The monoisotopic (exact) mass is 291 g/mol. The maximum Gasteiger partial charge on any atom is 0.244 e. The van der Waals surface area contributed by atoms with Gasteiger partial charge in [0.25, 0.3) is 0 Å². The van der Waals surface area contributed by atoms with Gasteiger partial charge in [0.05, 0.1) is 13.2 Å².